The summed E-state index contributed by atoms with van der Waals surface area (Å²) in [5, 5.41) is 13.2. The Morgan fingerprint density at radius 1 is 1.50 bits per heavy atom. The Bertz CT molecular complexity index is 481. The molecule has 0 radical (unpaired) electrons. The summed E-state index contributed by atoms with van der Waals surface area (Å²) in [6.07, 6.45) is 4.16. The van der Waals surface area contributed by atoms with Crippen molar-refractivity contribution in [2.75, 3.05) is 37.9 Å². The van der Waals surface area contributed by atoms with Gasteiger partial charge in [0.2, 0.25) is 0 Å². The molecule has 1 saturated carbocycles. The number of nitrogens with two attached hydrogens (primary N) is 1. The minimum atomic E-state index is -0.201. The summed E-state index contributed by atoms with van der Waals surface area (Å²) in [4.78, 5) is 18.6. The first-order valence-corrected chi connectivity index (χ1v) is 7.62. The molecule has 4 N–H and O–H groups in total. The molecule has 2 rings (SSSR count). The maximum absolute atomic E-state index is 12.2. The number of nitrogen functional groups attached to an aromatic ring is 1. The van der Waals surface area contributed by atoms with Crippen LogP contribution in [0, 0.1) is 5.41 Å². The van der Waals surface area contributed by atoms with Gasteiger partial charge < -0.3 is 21.1 Å². The van der Waals surface area contributed by atoms with E-state index in [-0.39, 0.29) is 23.7 Å². The number of amides is 1. The maximum Gasteiger partial charge on any atom is 0.265 e. The van der Waals surface area contributed by atoms with Gasteiger partial charge in [-0.3, -0.25) is 4.79 Å². The van der Waals surface area contributed by atoms with Crippen molar-refractivity contribution in [3.8, 4) is 0 Å². The number of aliphatic hydroxyl groups excluding tert-OH is 1. The molecule has 1 aromatic rings. The molecule has 0 saturated heterocycles. The second-order valence-electron chi connectivity index (χ2n) is 5.65. The van der Waals surface area contributed by atoms with Crippen LogP contribution in [0.3, 0.4) is 0 Å². The van der Waals surface area contributed by atoms with Crippen LogP contribution in [0.15, 0.2) is 0 Å². The van der Waals surface area contributed by atoms with Gasteiger partial charge in [0, 0.05) is 26.1 Å². The standard InChI is InChI=1S/C13H22N4O2S/c1-17(2)12-16-10(14)9(20-12)11(19)15-7-13(8-18)5-3-4-6-13/h18H,3-8,14H2,1-2H3,(H,15,19). The van der Waals surface area contributed by atoms with Crippen molar-refractivity contribution in [2.45, 2.75) is 25.7 Å². The number of nitrogens with one attached hydrogen (secondary N) is 1. The summed E-state index contributed by atoms with van der Waals surface area (Å²) in [6.45, 7) is 0.616. The molecular weight excluding hydrogens is 276 g/mol. The highest BCUT2D eigenvalue weighted by atomic mass is 32.1. The highest BCUT2D eigenvalue weighted by molar-refractivity contribution is 7.18. The molecule has 0 spiro atoms. The third kappa shape index (κ3) is 3.04. The van der Waals surface area contributed by atoms with E-state index in [9.17, 15) is 9.90 Å². The van der Waals surface area contributed by atoms with Crippen LogP contribution in [0.4, 0.5) is 10.9 Å². The molecule has 1 aliphatic rings. The third-order valence-corrected chi connectivity index (χ3v) is 5.09. The van der Waals surface area contributed by atoms with E-state index >= 15 is 0 Å². The number of carbonyl (C=O) groups excluding carboxylic acids is 1. The van der Waals surface area contributed by atoms with Gasteiger partial charge in [0.05, 0.1) is 6.61 Å². The number of anilines is 2. The van der Waals surface area contributed by atoms with E-state index in [1.807, 2.05) is 19.0 Å². The molecule has 1 aliphatic carbocycles. The van der Waals surface area contributed by atoms with Gasteiger partial charge in [-0.05, 0) is 12.8 Å². The lowest BCUT2D eigenvalue weighted by Crippen LogP contribution is -2.38. The number of aliphatic hydroxyl groups is 1. The molecule has 0 atom stereocenters. The molecular formula is C13H22N4O2S. The Kier molecular flexibility index (Phi) is 4.49. The van der Waals surface area contributed by atoms with Crippen LogP contribution in [-0.4, -0.2) is 43.2 Å². The Hall–Kier alpha value is -1.34. The number of rotatable bonds is 5. The second kappa shape index (κ2) is 5.97. The average Bonchev–Trinajstić information content (AvgIpc) is 3.03. The van der Waals surface area contributed by atoms with Gasteiger partial charge in [-0.1, -0.05) is 24.2 Å². The zero-order valence-electron chi connectivity index (χ0n) is 12.0. The van der Waals surface area contributed by atoms with E-state index < -0.39 is 0 Å². The predicted molar refractivity (Wildman–Crippen MR) is 81.2 cm³/mol. The molecule has 1 fully saturated rings. The molecule has 7 heteroatoms. The summed E-state index contributed by atoms with van der Waals surface area (Å²) in [6, 6.07) is 0. The normalized spacial score (nSPS) is 17.1. The van der Waals surface area contributed by atoms with Gasteiger partial charge in [0.15, 0.2) is 5.13 Å². The molecule has 0 bridgehead atoms. The molecule has 1 aromatic heterocycles. The summed E-state index contributed by atoms with van der Waals surface area (Å²) in [7, 11) is 3.72. The lowest BCUT2D eigenvalue weighted by Gasteiger charge is -2.26. The monoisotopic (exact) mass is 298 g/mol. The van der Waals surface area contributed by atoms with Crippen LogP contribution < -0.4 is 16.0 Å². The molecule has 112 valence electrons. The van der Waals surface area contributed by atoms with Crippen LogP contribution in [0.25, 0.3) is 0 Å². The SMILES string of the molecule is CN(C)c1nc(N)c(C(=O)NCC2(CO)CCCC2)s1. The molecule has 6 nitrogen and oxygen atoms in total. The van der Waals surface area contributed by atoms with Gasteiger partial charge in [-0.15, -0.1) is 0 Å². The number of thiazole rings is 1. The first kappa shape index (κ1) is 15.1. The van der Waals surface area contributed by atoms with E-state index in [0.717, 1.165) is 25.7 Å². The van der Waals surface area contributed by atoms with Crippen molar-refractivity contribution in [3.63, 3.8) is 0 Å². The first-order valence-electron chi connectivity index (χ1n) is 6.80. The molecule has 20 heavy (non-hydrogen) atoms. The number of nitrogens with zero attached hydrogens (tertiary/aromatic N) is 2. The Morgan fingerprint density at radius 2 is 2.15 bits per heavy atom. The number of carbonyl (C=O) groups is 1. The van der Waals surface area contributed by atoms with Gasteiger partial charge >= 0.3 is 0 Å². The van der Waals surface area contributed by atoms with Crippen LogP contribution in [-0.2, 0) is 0 Å². The molecule has 1 amide bonds. The quantitative estimate of drug-likeness (QED) is 0.756. The highest BCUT2D eigenvalue weighted by Crippen LogP contribution is 2.37. The minimum absolute atomic E-state index is 0.119. The van der Waals surface area contributed by atoms with E-state index in [4.69, 9.17) is 5.73 Å². The van der Waals surface area contributed by atoms with Crippen molar-refractivity contribution < 1.29 is 9.90 Å². The van der Waals surface area contributed by atoms with E-state index in [2.05, 4.69) is 10.3 Å². The van der Waals surface area contributed by atoms with Crippen molar-refractivity contribution >= 4 is 28.2 Å². The van der Waals surface area contributed by atoms with Gasteiger partial charge in [-0.2, -0.15) is 0 Å². The number of hydrogen-bond acceptors (Lipinski definition) is 6. The van der Waals surface area contributed by atoms with E-state index in [1.54, 1.807) is 0 Å². The second-order valence-corrected chi connectivity index (χ2v) is 6.63. The van der Waals surface area contributed by atoms with Crippen LogP contribution in [0.5, 0.6) is 0 Å². The van der Waals surface area contributed by atoms with Crippen LogP contribution in [0.1, 0.15) is 35.4 Å². The summed E-state index contributed by atoms with van der Waals surface area (Å²) in [5.41, 5.74) is 5.64. The zero-order chi connectivity index (χ0) is 14.8. The van der Waals surface area contributed by atoms with Gasteiger partial charge in [0.25, 0.3) is 5.91 Å². The molecule has 0 aromatic carbocycles. The molecule has 0 aliphatic heterocycles. The molecule has 0 unspecified atom stereocenters. The van der Waals surface area contributed by atoms with Crippen molar-refractivity contribution in [1.82, 2.24) is 10.3 Å². The Morgan fingerprint density at radius 3 is 2.65 bits per heavy atom. The van der Waals surface area contributed by atoms with Crippen molar-refractivity contribution in [1.29, 1.82) is 0 Å². The molecule has 1 heterocycles. The van der Waals surface area contributed by atoms with Crippen LogP contribution >= 0.6 is 11.3 Å². The fourth-order valence-corrected chi connectivity index (χ4v) is 3.36. The van der Waals surface area contributed by atoms with Crippen molar-refractivity contribution in [2.24, 2.45) is 5.41 Å². The number of aromatic nitrogens is 1. The highest BCUT2D eigenvalue weighted by Gasteiger charge is 2.33. The lowest BCUT2D eigenvalue weighted by molar-refractivity contribution is 0.0885. The minimum Gasteiger partial charge on any atom is -0.396 e. The topological polar surface area (TPSA) is 91.5 Å². The average molecular weight is 298 g/mol. The fraction of sp³-hybridized carbons (Fsp3) is 0.692. The lowest BCUT2D eigenvalue weighted by atomic mass is 9.87. The largest absolute Gasteiger partial charge is 0.396 e. The Balaban J connectivity index is 2.01. The third-order valence-electron chi connectivity index (χ3n) is 3.85. The summed E-state index contributed by atoms with van der Waals surface area (Å²) >= 11 is 1.28. The first-order chi connectivity index (χ1) is 9.47. The van der Waals surface area contributed by atoms with Gasteiger partial charge in [-0.25, -0.2) is 4.98 Å². The Labute approximate surface area is 123 Å². The summed E-state index contributed by atoms with van der Waals surface area (Å²) in [5.74, 6) is 0.0634. The fourth-order valence-electron chi connectivity index (χ4n) is 2.54. The smallest absolute Gasteiger partial charge is 0.265 e. The maximum atomic E-state index is 12.2. The zero-order valence-corrected chi connectivity index (χ0v) is 12.8. The van der Waals surface area contributed by atoms with Crippen LogP contribution in [0.2, 0.25) is 0 Å². The summed E-state index contributed by atoms with van der Waals surface area (Å²) < 4.78 is 0. The van der Waals surface area contributed by atoms with E-state index in [1.165, 1.54) is 11.3 Å². The van der Waals surface area contributed by atoms with Crippen molar-refractivity contribution in [3.05, 3.63) is 4.88 Å². The van der Waals surface area contributed by atoms with Gasteiger partial charge in [0.1, 0.15) is 10.7 Å². The number of hydrogen-bond donors (Lipinski definition) is 3. The predicted octanol–water partition coefficient (Wildman–Crippen LogP) is 1.07. The van der Waals surface area contributed by atoms with E-state index in [0.29, 0.717) is 16.6 Å².